The van der Waals surface area contributed by atoms with Crippen LogP contribution in [0.3, 0.4) is 0 Å². The highest BCUT2D eigenvalue weighted by Gasteiger charge is 2.41. The standard InChI is InChI=1S/C10H16.C6H5I/c1-7-2-9-4-8(1)5-10(3-7)6-9;7-6-4-2-1-3-5-6/h7-10H,1-6H2;1-5H. The number of rotatable bonds is 0. The van der Waals surface area contributed by atoms with Crippen LogP contribution in [0.2, 0.25) is 0 Å². The number of hydrogen-bond donors (Lipinski definition) is 0. The van der Waals surface area contributed by atoms with Crippen molar-refractivity contribution in [1.29, 1.82) is 0 Å². The summed E-state index contributed by atoms with van der Waals surface area (Å²) in [6.45, 7) is 0. The van der Waals surface area contributed by atoms with Crippen LogP contribution in [0.4, 0.5) is 0 Å². The molecule has 0 atom stereocenters. The Morgan fingerprint density at radius 2 is 1.00 bits per heavy atom. The van der Waals surface area contributed by atoms with Gasteiger partial charge in [0.2, 0.25) is 0 Å². The van der Waals surface area contributed by atoms with E-state index in [1.807, 2.05) is 18.2 Å². The molecule has 92 valence electrons. The van der Waals surface area contributed by atoms with Gasteiger partial charge in [-0.3, -0.25) is 0 Å². The largest absolute Gasteiger partial charge is 0.0622 e. The Balaban J connectivity index is 0.000000115. The molecule has 0 heterocycles. The van der Waals surface area contributed by atoms with Gasteiger partial charge in [-0.05, 0) is 96.9 Å². The van der Waals surface area contributed by atoms with Crippen molar-refractivity contribution < 1.29 is 0 Å². The Labute approximate surface area is 118 Å². The summed E-state index contributed by atoms with van der Waals surface area (Å²) in [7, 11) is 0. The van der Waals surface area contributed by atoms with E-state index in [1.54, 1.807) is 38.5 Å². The van der Waals surface area contributed by atoms with Crippen LogP contribution < -0.4 is 0 Å². The molecule has 4 saturated carbocycles. The zero-order valence-corrected chi connectivity index (χ0v) is 12.5. The van der Waals surface area contributed by atoms with Crippen LogP contribution in [-0.2, 0) is 0 Å². The second-order valence-corrected chi connectivity index (χ2v) is 7.42. The molecule has 0 N–H and O–H groups in total. The van der Waals surface area contributed by atoms with Gasteiger partial charge in [-0.15, -0.1) is 0 Å². The minimum absolute atomic E-state index is 1.18. The van der Waals surface area contributed by atoms with E-state index in [9.17, 15) is 0 Å². The first kappa shape index (κ1) is 12.0. The van der Waals surface area contributed by atoms with Crippen molar-refractivity contribution in [1.82, 2.24) is 0 Å². The van der Waals surface area contributed by atoms with E-state index in [-0.39, 0.29) is 0 Å². The summed E-state index contributed by atoms with van der Waals surface area (Å²) < 4.78 is 1.29. The molecule has 0 unspecified atom stereocenters. The summed E-state index contributed by atoms with van der Waals surface area (Å²) in [5.41, 5.74) is 0. The minimum Gasteiger partial charge on any atom is -0.0622 e. The van der Waals surface area contributed by atoms with Gasteiger partial charge in [-0.25, -0.2) is 0 Å². The number of benzene rings is 1. The van der Waals surface area contributed by atoms with E-state index in [0.717, 1.165) is 0 Å². The van der Waals surface area contributed by atoms with E-state index in [1.165, 1.54) is 27.2 Å². The molecule has 0 amide bonds. The summed E-state index contributed by atoms with van der Waals surface area (Å²) in [5, 5.41) is 0. The average molecular weight is 340 g/mol. The topological polar surface area (TPSA) is 0 Å². The Morgan fingerprint density at radius 3 is 1.24 bits per heavy atom. The van der Waals surface area contributed by atoms with Crippen molar-refractivity contribution in [2.45, 2.75) is 38.5 Å². The van der Waals surface area contributed by atoms with Crippen molar-refractivity contribution in [3.8, 4) is 0 Å². The fourth-order valence-corrected chi connectivity index (χ4v) is 4.81. The van der Waals surface area contributed by atoms with E-state index in [4.69, 9.17) is 0 Å². The maximum atomic E-state index is 2.28. The summed E-state index contributed by atoms with van der Waals surface area (Å²) in [4.78, 5) is 0. The molecule has 1 heteroatoms. The molecule has 1 aromatic rings. The van der Waals surface area contributed by atoms with Gasteiger partial charge in [0.25, 0.3) is 0 Å². The maximum absolute atomic E-state index is 2.28. The van der Waals surface area contributed by atoms with E-state index in [2.05, 4.69) is 34.7 Å². The Hall–Kier alpha value is -0.0500. The van der Waals surface area contributed by atoms with Crippen molar-refractivity contribution in [3.63, 3.8) is 0 Å². The summed E-state index contributed by atoms with van der Waals surface area (Å²) in [5.74, 6) is 4.71. The van der Waals surface area contributed by atoms with Crippen LogP contribution >= 0.6 is 22.6 Å². The zero-order chi connectivity index (χ0) is 11.7. The van der Waals surface area contributed by atoms with Gasteiger partial charge in [-0.2, -0.15) is 0 Å². The van der Waals surface area contributed by atoms with Crippen LogP contribution in [0.25, 0.3) is 0 Å². The fourth-order valence-electron chi connectivity index (χ4n) is 4.40. The quantitative estimate of drug-likeness (QED) is 0.575. The molecule has 1 aromatic carbocycles. The SMILES string of the molecule is C1C2CC3CC1CC(C2)C3.Ic1ccccc1. The van der Waals surface area contributed by atoms with Crippen LogP contribution in [0.5, 0.6) is 0 Å². The highest BCUT2D eigenvalue weighted by molar-refractivity contribution is 14.1. The molecule has 4 bridgehead atoms. The van der Waals surface area contributed by atoms with Crippen LogP contribution in [-0.4, -0.2) is 0 Å². The molecule has 5 rings (SSSR count). The van der Waals surface area contributed by atoms with E-state index >= 15 is 0 Å². The third kappa shape index (κ3) is 3.04. The third-order valence-electron chi connectivity index (χ3n) is 4.73. The Morgan fingerprint density at radius 1 is 0.647 bits per heavy atom. The summed E-state index contributed by atoms with van der Waals surface area (Å²) in [6, 6.07) is 10.2. The second kappa shape index (κ2) is 5.29. The molecule has 0 spiro atoms. The lowest BCUT2D eigenvalue weighted by molar-refractivity contribution is 0.0198. The van der Waals surface area contributed by atoms with Crippen molar-refractivity contribution in [2.24, 2.45) is 23.7 Å². The first-order chi connectivity index (χ1) is 8.29. The smallest absolute Gasteiger partial charge is 0.0130 e. The second-order valence-electron chi connectivity index (χ2n) is 6.17. The minimum atomic E-state index is 1.18. The van der Waals surface area contributed by atoms with Gasteiger partial charge >= 0.3 is 0 Å². The first-order valence-electron chi connectivity index (χ1n) is 7.00. The Bertz CT molecular complexity index is 301. The number of halogens is 1. The molecule has 0 radical (unpaired) electrons. The highest BCUT2D eigenvalue weighted by Crippen LogP contribution is 2.53. The van der Waals surface area contributed by atoms with E-state index < -0.39 is 0 Å². The monoisotopic (exact) mass is 340 g/mol. The molecule has 0 nitrogen and oxygen atoms in total. The first-order valence-corrected chi connectivity index (χ1v) is 8.08. The van der Waals surface area contributed by atoms with Crippen LogP contribution in [0, 0.1) is 27.2 Å². The molecule has 4 aliphatic carbocycles. The Kier molecular flexibility index (Phi) is 3.74. The van der Waals surface area contributed by atoms with Crippen molar-refractivity contribution in [2.75, 3.05) is 0 Å². The lowest BCUT2D eigenvalue weighted by Crippen LogP contribution is -2.38. The molecular weight excluding hydrogens is 319 g/mol. The van der Waals surface area contributed by atoms with Gasteiger partial charge in [-0.1, -0.05) is 18.2 Å². The average Bonchev–Trinajstić information content (AvgIpc) is 2.28. The zero-order valence-electron chi connectivity index (χ0n) is 10.3. The highest BCUT2D eigenvalue weighted by atomic mass is 127. The fraction of sp³-hybridized carbons (Fsp3) is 0.625. The van der Waals surface area contributed by atoms with Crippen molar-refractivity contribution >= 4 is 22.6 Å². The molecule has 0 saturated heterocycles. The molecule has 4 aliphatic rings. The normalized spacial score (nSPS) is 37.5. The molecule has 4 fully saturated rings. The van der Waals surface area contributed by atoms with Gasteiger partial charge in [0.1, 0.15) is 0 Å². The predicted octanol–water partition coefficient (Wildman–Crippen LogP) is 5.12. The lowest BCUT2D eigenvalue weighted by Gasteiger charge is -2.49. The van der Waals surface area contributed by atoms with Gasteiger partial charge in [0, 0.05) is 3.57 Å². The molecule has 17 heavy (non-hydrogen) atoms. The van der Waals surface area contributed by atoms with Gasteiger partial charge in [0.05, 0.1) is 0 Å². The summed E-state index contributed by atoms with van der Waals surface area (Å²) in [6.07, 6.45) is 9.62. The van der Waals surface area contributed by atoms with Crippen molar-refractivity contribution in [3.05, 3.63) is 33.9 Å². The number of hydrogen-bond acceptors (Lipinski definition) is 0. The molecular formula is C16H21I. The van der Waals surface area contributed by atoms with Crippen LogP contribution in [0.1, 0.15) is 38.5 Å². The van der Waals surface area contributed by atoms with Crippen LogP contribution in [0.15, 0.2) is 30.3 Å². The molecule has 0 aliphatic heterocycles. The maximum Gasteiger partial charge on any atom is 0.0130 e. The van der Waals surface area contributed by atoms with Gasteiger partial charge < -0.3 is 0 Å². The lowest BCUT2D eigenvalue weighted by atomic mass is 9.56. The van der Waals surface area contributed by atoms with E-state index in [0.29, 0.717) is 0 Å². The third-order valence-corrected chi connectivity index (χ3v) is 5.45. The van der Waals surface area contributed by atoms with Gasteiger partial charge in [0.15, 0.2) is 0 Å². The summed E-state index contributed by atoms with van der Waals surface area (Å²) >= 11 is 2.28. The predicted molar refractivity (Wildman–Crippen MR) is 80.8 cm³/mol. The molecule has 0 aromatic heterocycles.